The molecule has 1 aliphatic carbocycles. The number of amides is 1. The van der Waals surface area contributed by atoms with Gasteiger partial charge in [0.05, 0.1) is 27.5 Å². The highest BCUT2D eigenvalue weighted by molar-refractivity contribution is 6.34. The second kappa shape index (κ2) is 8.10. The third-order valence-electron chi connectivity index (χ3n) is 5.12. The van der Waals surface area contributed by atoms with Crippen LogP contribution in [0.25, 0.3) is 22.2 Å². The molecule has 0 bridgehead atoms. The Hall–Kier alpha value is -3.11. The maximum Gasteiger partial charge on any atom is 0.257 e. The molecule has 4 nitrogen and oxygen atoms in total. The van der Waals surface area contributed by atoms with Crippen molar-refractivity contribution in [2.45, 2.75) is 13.8 Å². The van der Waals surface area contributed by atoms with E-state index in [9.17, 15) is 4.79 Å². The molecule has 2 aromatic carbocycles. The highest BCUT2D eigenvalue weighted by Crippen LogP contribution is 2.36. The Morgan fingerprint density at radius 3 is 2.52 bits per heavy atom. The van der Waals surface area contributed by atoms with Crippen molar-refractivity contribution in [3.05, 3.63) is 77.3 Å². The number of carbonyl (C=O) groups is 1. The molecule has 0 saturated carbocycles. The smallest absolute Gasteiger partial charge is 0.257 e. The fraction of sp³-hybridized carbons (Fsp3) is 0.167. The van der Waals surface area contributed by atoms with Gasteiger partial charge >= 0.3 is 0 Å². The normalized spacial score (nSPS) is 11.0. The van der Waals surface area contributed by atoms with E-state index in [1.54, 1.807) is 24.3 Å². The summed E-state index contributed by atoms with van der Waals surface area (Å²) in [6, 6.07) is 21.1. The van der Waals surface area contributed by atoms with Crippen LogP contribution in [-0.2, 0) is 0 Å². The lowest BCUT2D eigenvalue weighted by Gasteiger charge is -2.21. The number of carbonyl (C=O) groups excluding carboxylic acids is 1. The van der Waals surface area contributed by atoms with Crippen LogP contribution in [0.15, 0.2) is 66.7 Å². The van der Waals surface area contributed by atoms with Crippen LogP contribution in [0.4, 0.5) is 11.4 Å². The van der Waals surface area contributed by atoms with Crippen molar-refractivity contribution in [2.24, 2.45) is 0 Å². The van der Waals surface area contributed by atoms with E-state index in [2.05, 4.69) is 42.3 Å². The molecular formula is C24H22ClN3O. The summed E-state index contributed by atoms with van der Waals surface area (Å²) in [5, 5.41) is 4.48. The van der Waals surface area contributed by atoms with Crippen LogP contribution in [0.2, 0.25) is 5.02 Å². The molecule has 1 heterocycles. The first-order chi connectivity index (χ1) is 14.1. The van der Waals surface area contributed by atoms with Gasteiger partial charge in [0.15, 0.2) is 0 Å². The number of para-hydroxylation sites is 1. The Bertz CT molecular complexity index is 1150. The fourth-order valence-corrected chi connectivity index (χ4v) is 3.88. The molecule has 0 saturated heterocycles. The van der Waals surface area contributed by atoms with Gasteiger partial charge in [0.25, 0.3) is 5.91 Å². The van der Waals surface area contributed by atoms with Crippen molar-refractivity contribution < 1.29 is 4.79 Å². The Morgan fingerprint density at radius 2 is 1.76 bits per heavy atom. The number of halogens is 1. The van der Waals surface area contributed by atoms with Gasteiger partial charge in [-0.25, -0.2) is 4.98 Å². The third kappa shape index (κ3) is 3.64. The molecule has 0 aromatic heterocycles. The first kappa shape index (κ1) is 19.2. The second-order valence-corrected chi connectivity index (χ2v) is 7.22. The van der Waals surface area contributed by atoms with Gasteiger partial charge in [-0.05, 0) is 44.2 Å². The predicted octanol–water partition coefficient (Wildman–Crippen LogP) is 6.09. The predicted molar refractivity (Wildman–Crippen MR) is 121 cm³/mol. The third-order valence-corrected chi connectivity index (χ3v) is 5.45. The molecule has 1 N–H and O–H groups in total. The lowest BCUT2D eigenvalue weighted by molar-refractivity contribution is 0.102. The average molecular weight is 404 g/mol. The average Bonchev–Trinajstić information content (AvgIpc) is 2.95. The van der Waals surface area contributed by atoms with Crippen molar-refractivity contribution in [3.8, 4) is 11.3 Å². The summed E-state index contributed by atoms with van der Waals surface area (Å²) < 4.78 is 0. The molecule has 5 heteroatoms. The summed E-state index contributed by atoms with van der Waals surface area (Å²) in [6.07, 6.45) is 0. The van der Waals surface area contributed by atoms with Crippen molar-refractivity contribution in [1.82, 2.24) is 4.98 Å². The number of nitrogens with zero attached hydrogens (tertiary/aromatic N) is 2. The zero-order valence-corrected chi connectivity index (χ0v) is 17.2. The molecule has 0 atom stereocenters. The van der Waals surface area contributed by atoms with Crippen molar-refractivity contribution in [2.75, 3.05) is 23.3 Å². The van der Waals surface area contributed by atoms with Crippen LogP contribution < -0.4 is 10.2 Å². The number of benzene rings is 2. The van der Waals surface area contributed by atoms with Gasteiger partial charge in [0.2, 0.25) is 0 Å². The van der Waals surface area contributed by atoms with Gasteiger partial charge in [-0.1, -0.05) is 48.0 Å². The minimum Gasteiger partial charge on any atom is -0.370 e. The summed E-state index contributed by atoms with van der Waals surface area (Å²) in [4.78, 5) is 19.9. The molecule has 0 radical (unpaired) electrons. The summed E-state index contributed by atoms with van der Waals surface area (Å²) in [6.45, 7) is 6.14. The maximum atomic E-state index is 12.6. The number of hydrogen-bond acceptors (Lipinski definition) is 3. The highest BCUT2D eigenvalue weighted by atomic mass is 35.5. The van der Waals surface area contributed by atoms with Crippen molar-refractivity contribution in [3.63, 3.8) is 0 Å². The van der Waals surface area contributed by atoms with E-state index in [4.69, 9.17) is 16.6 Å². The number of aromatic nitrogens is 1. The molecule has 29 heavy (non-hydrogen) atoms. The standard InChI is InChI=1S/C24H22ClN3O/c1-3-28(4-2)22-14-8-12-18-17-11-7-9-16(15-21(17)27-23(18)22)26-24(29)19-10-5-6-13-20(19)25/h5-15H,3-4H2,1-2H3,(H,26,29). The molecular weight excluding hydrogens is 382 g/mol. The van der Waals surface area contributed by atoms with Gasteiger partial charge in [-0.3, -0.25) is 4.79 Å². The summed E-state index contributed by atoms with van der Waals surface area (Å²) >= 11 is 6.16. The fourth-order valence-electron chi connectivity index (χ4n) is 3.65. The topological polar surface area (TPSA) is 45.2 Å². The van der Waals surface area contributed by atoms with Crippen LogP contribution in [0, 0.1) is 0 Å². The van der Waals surface area contributed by atoms with Crippen LogP contribution >= 0.6 is 11.6 Å². The lowest BCUT2D eigenvalue weighted by atomic mass is 10.1. The molecule has 1 amide bonds. The van der Waals surface area contributed by atoms with Crippen LogP contribution in [-0.4, -0.2) is 24.0 Å². The Balaban J connectivity index is 1.76. The molecule has 146 valence electrons. The van der Waals surface area contributed by atoms with Gasteiger partial charge < -0.3 is 10.2 Å². The zero-order valence-electron chi connectivity index (χ0n) is 16.4. The van der Waals surface area contributed by atoms with E-state index in [1.807, 2.05) is 24.3 Å². The Morgan fingerprint density at radius 1 is 1.00 bits per heavy atom. The summed E-state index contributed by atoms with van der Waals surface area (Å²) in [5.41, 5.74) is 5.15. The molecule has 0 unspecified atom stereocenters. The van der Waals surface area contributed by atoms with Crippen LogP contribution in [0.5, 0.6) is 0 Å². The first-order valence-corrected chi connectivity index (χ1v) is 10.1. The zero-order chi connectivity index (χ0) is 20.4. The van der Waals surface area contributed by atoms with Gasteiger partial charge in [0.1, 0.15) is 0 Å². The summed E-state index contributed by atoms with van der Waals surface area (Å²) in [7, 11) is 0. The SMILES string of the molecule is CCN(CC)c1cccc2c3cccc(NC(=O)c4ccccc4Cl)cc-3nc12. The minimum absolute atomic E-state index is 0.241. The van der Waals surface area contributed by atoms with Gasteiger partial charge in [-0.15, -0.1) is 0 Å². The lowest BCUT2D eigenvalue weighted by Crippen LogP contribution is -2.21. The van der Waals surface area contributed by atoms with E-state index < -0.39 is 0 Å². The van der Waals surface area contributed by atoms with Crippen molar-refractivity contribution in [1.29, 1.82) is 0 Å². The van der Waals surface area contributed by atoms with E-state index in [0.29, 0.717) is 16.3 Å². The molecule has 0 spiro atoms. The quantitative estimate of drug-likeness (QED) is 0.438. The number of rotatable bonds is 5. The van der Waals surface area contributed by atoms with Gasteiger partial charge in [-0.2, -0.15) is 0 Å². The largest absolute Gasteiger partial charge is 0.370 e. The number of nitrogens with one attached hydrogen (secondary N) is 1. The first-order valence-electron chi connectivity index (χ1n) is 9.75. The number of fused-ring (bicyclic) bond motifs is 3. The van der Waals surface area contributed by atoms with Gasteiger partial charge in [0, 0.05) is 29.7 Å². The van der Waals surface area contributed by atoms with Crippen LogP contribution in [0.1, 0.15) is 24.2 Å². The minimum atomic E-state index is -0.241. The maximum absolute atomic E-state index is 12.6. The van der Waals surface area contributed by atoms with E-state index in [-0.39, 0.29) is 5.91 Å². The molecule has 1 aliphatic heterocycles. The summed E-state index contributed by atoms with van der Waals surface area (Å²) in [5.74, 6) is -0.241. The highest BCUT2D eigenvalue weighted by Gasteiger charge is 2.17. The Labute approximate surface area is 175 Å². The van der Waals surface area contributed by atoms with Crippen molar-refractivity contribution >= 4 is 39.8 Å². The monoisotopic (exact) mass is 403 g/mol. The molecule has 0 fully saturated rings. The second-order valence-electron chi connectivity index (χ2n) is 6.82. The molecule has 2 aliphatic rings. The van der Waals surface area contributed by atoms with E-state index >= 15 is 0 Å². The molecule has 2 aromatic rings. The number of anilines is 2. The molecule has 4 rings (SSSR count). The van der Waals surface area contributed by atoms with E-state index in [0.717, 1.165) is 40.9 Å². The Kier molecular flexibility index (Phi) is 5.36. The van der Waals surface area contributed by atoms with Crippen LogP contribution in [0.3, 0.4) is 0 Å². The number of hydrogen-bond donors (Lipinski definition) is 1. The van der Waals surface area contributed by atoms with E-state index in [1.165, 1.54) is 0 Å².